The minimum Gasteiger partial charge on any atom is -0.505 e. The number of anilines is 1. The van der Waals surface area contributed by atoms with Gasteiger partial charge in [0.25, 0.3) is 0 Å². The number of benzene rings is 3. The normalized spacial score (nSPS) is 10.2. The first kappa shape index (κ1) is 50.1. The maximum Gasteiger partial charge on any atom is 1.00 e. The predicted molar refractivity (Wildman–Crippen MR) is 231 cm³/mol. The molecule has 14 nitrogen and oxygen atoms in total. The molecule has 8 rings (SSSR count). The van der Waals surface area contributed by atoms with Gasteiger partial charge in [-0.25, -0.2) is 9.59 Å². The maximum atomic E-state index is 11.7. The molecule has 0 aliphatic carbocycles. The van der Waals surface area contributed by atoms with E-state index in [9.17, 15) is 9.59 Å². The molecule has 298 valence electrons. The van der Waals surface area contributed by atoms with Gasteiger partial charge in [-0.15, -0.1) is 0 Å². The Labute approximate surface area is 403 Å². The number of phenols is 1. The number of nitrogens with two attached hydrogens (primary N) is 1. The molecule has 0 atom stereocenters. The summed E-state index contributed by atoms with van der Waals surface area (Å²) < 4.78 is 28.7. The molecular weight excluding hydrogens is 1030 g/mol. The Morgan fingerprint density at radius 1 is 0.614 bits per heavy atom. The van der Waals surface area contributed by atoms with E-state index in [4.69, 9.17) is 33.2 Å². The summed E-state index contributed by atoms with van der Waals surface area (Å²) in [5, 5.41) is 20.9. The van der Waals surface area contributed by atoms with Crippen LogP contribution in [0.2, 0.25) is 0 Å². The second kappa shape index (κ2) is 21.3. The molecule has 0 amide bonds. The third-order valence-corrected chi connectivity index (χ3v) is 10.1. The van der Waals surface area contributed by atoms with E-state index in [-0.39, 0.29) is 72.0 Å². The number of aromatic amines is 2. The largest absolute Gasteiger partial charge is 1.00 e. The molecule has 0 saturated carbocycles. The van der Waals surface area contributed by atoms with Crippen LogP contribution in [-0.4, -0.2) is 30.5 Å². The standard InChI is InChI=1S/C17H15N3O4.C7H3Br2NO2.C6H5Br2NO.C6H9NO.2CH4.K/c1-7-14(9(3)23-19-7)11-5-12(15-8(2)20-24-10(15)4)16-13(6-11)18-17(21)22-16;8-3-1-4(9)6-5(2-3)10-7(11)12-6;7-3-1-4(8)6(10)5(9)2-3;1-4-5(2)7-8-6(4)3;;;/h5-6H,1-4H3,(H,18,21);1-2H,(H,10,11);1-2,10H,9H2;1-3H3;2*1H4;/q;;;;;;+1. The number of nitrogens with one attached hydrogen (secondary N) is 2. The van der Waals surface area contributed by atoms with Crippen molar-refractivity contribution in [1.29, 1.82) is 0 Å². The topological polar surface area (TPSA) is 216 Å². The first-order chi connectivity index (χ1) is 25.4. The number of oxazole rings is 2. The fourth-order valence-corrected chi connectivity index (χ4v) is 7.82. The number of aromatic nitrogens is 5. The average molecular weight is 1070 g/mol. The van der Waals surface area contributed by atoms with Crippen molar-refractivity contribution in [3.63, 3.8) is 0 Å². The molecule has 8 aromatic rings. The summed E-state index contributed by atoms with van der Waals surface area (Å²) in [6.07, 6.45) is 0. The molecule has 0 bridgehead atoms. The predicted octanol–water partition coefficient (Wildman–Crippen LogP) is 8.69. The molecule has 5 aromatic heterocycles. The summed E-state index contributed by atoms with van der Waals surface area (Å²) >= 11 is 12.9. The summed E-state index contributed by atoms with van der Waals surface area (Å²) in [5.74, 6) is 1.43. The maximum absolute atomic E-state index is 11.7. The zero-order valence-corrected chi connectivity index (χ0v) is 40.2. The van der Waals surface area contributed by atoms with Crippen LogP contribution in [0.1, 0.15) is 54.8 Å². The number of aromatic hydroxyl groups is 1. The van der Waals surface area contributed by atoms with E-state index < -0.39 is 11.5 Å². The number of nitrogens with zero attached hydrogens (tertiary/aromatic N) is 3. The fourth-order valence-electron chi connectivity index (χ4n) is 5.25. The third kappa shape index (κ3) is 11.8. The molecule has 0 spiro atoms. The molecule has 0 aliphatic heterocycles. The summed E-state index contributed by atoms with van der Waals surface area (Å²) in [7, 11) is 0. The molecule has 0 radical (unpaired) electrons. The van der Waals surface area contributed by atoms with Gasteiger partial charge in [0.05, 0.1) is 48.3 Å². The van der Waals surface area contributed by atoms with E-state index >= 15 is 0 Å². The minimum absolute atomic E-state index is 0. The Morgan fingerprint density at radius 3 is 1.56 bits per heavy atom. The molecule has 3 aromatic carbocycles. The Balaban J connectivity index is 0.000000287. The fraction of sp³-hybridized carbons (Fsp3) is 0.237. The van der Waals surface area contributed by atoms with Crippen LogP contribution in [0.5, 0.6) is 5.75 Å². The smallest absolute Gasteiger partial charge is 0.505 e. The van der Waals surface area contributed by atoms with Crippen molar-refractivity contribution in [3.8, 4) is 28.0 Å². The molecule has 0 aliphatic rings. The Morgan fingerprint density at radius 2 is 1.09 bits per heavy atom. The molecular formula is C38H40Br4KN6O8+. The van der Waals surface area contributed by atoms with Crippen molar-refractivity contribution in [2.75, 3.05) is 5.73 Å². The van der Waals surface area contributed by atoms with Gasteiger partial charge in [-0.2, -0.15) is 0 Å². The number of rotatable bonds is 2. The number of aryl methyl sites for hydroxylation is 6. The Hall–Kier alpha value is -3.01. The third-order valence-electron chi connectivity index (χ3n) is 8.03. The number of fused-ring (bicyclic) bond motifs is 2. The first-order valence-electron chi connectivity index (χ1n) is 15.8. The molecule has 5 N–H and O–H groups in total. The summed E-state index contributed by atoms with van der Waals surface area (Å²) in [5.41, 5.74) is 15.1. The van der Waals surface area contributed by atoms with Gasteiger partial charge in [0.15, 0.2) is 16.9 Å². The van der Waals surface area contributed by atoms with E-state index in [1.807, 2.05) is 66.7 Å². The molecule has 19 heteroatoms. The van der Waals surface area contributed by atoms with Crippen LogP contribution in [0.15, 0.2) is 86.3 Å². The first-order valence-corrected chi connectivity index (χ1v) is 19.0. The average Bonchev–Trinajstić information content (AvgIpc) is 3.90. The number of phenolic OH excluding ortho intramolecular Hbond substituents is 1. The zero-order valence-electron chi connectivity index (χ0n) is 30.7. The molecule has 0 fully saturated rings. The van der Waals surface area contributed by atoms with Crippen molar-refractivity contribution in [2.45, 2.75) is 63.3 Å². The van der Waals surface area contributed by atoms with Crippen LogP contribution in [0.3, 0.4) is 0 Å². The van der Waals surface area contributed by atoms with Crippen LogP contribution in [-0.2, 0) is 0 Å². The van der Waals surface area contributed by atoms with E-state index in [2.05, 4.69) is 89.2 Å². The number of H-pyrrole nitrogens is 2. The van der Waals surface area contributed by atoms with Gasteiger partial charge >= 0.3 is 62.9 Å². The monoisotopic (exact) mass is 1060 g/mol. The second-order valence-corrected chi connectivity index (χ2v) is 15.4. The molecule has 0 unspecified atom stereocenters. The van der Waals surface area contributed by atoms with Crippen molar-refractivity contribution < 1.29 is 78.9 Å². The summed E-state index contributed by atoms with van der Waals surface area (Å²) in [4.78, 5) is 27.8. The van der Waals surface area contributed by atoms with Crippen LogP contribution < -0.4 is 68.6 Å². The van der Waals surface area contributed by atoms with Crippen molar-refractivity contribution in [2.24, 2.45) is 0 Å². The van der Waals surface area contributed by atoms with Gasteiger partial charge in [0, 0.05) is 25.6 Å². The SMILES string of the molecule is C.C.Cc1noc(C)c1-c1cc(-c2c(C)noc2C)c2oc(=O)[nH]c2c1.Cc1noc(C)c1C.Nc1cc(Br)cc(Br)c1O.O=c1[nH]c2cc(Br)cc(Br)c2o1.[K+]. The van der Waals surface area contributed by atoms with Crippen LogP contribution in [0, 0.1) is 48.5 Å². The van der Waals surface area contributed by atoms with Gasteiger partial charge in [0.2, 0.25) is 0 Å². The number of halogens is 4. The van der Waals surface area contributed by atoms with E-state index in [0.29, 0.717) is 43.9 Å². The quantitative estimate of drug-likeness (QED) is 0.0727. The molecule has 0 saturated heterocycles. The van der Waals surface area contributed by atoms with Crippen molar-refractivity contribution >= 4 is 91.6 Å². The van der Waals surface area contributed by atoms with Crippen molar-refractivity contribution in [1.82, 2.24) is 25.4 Å². The van der Waals surface area contributed by atoms with E-state index in [1.165, 1.54) is 0 Å². The van der Waals surface area contributed by atoms with Gasteiger partial charge in [-0.05, 0) is 122 Å². The van der Waals surface area contributed by atoms with Crippen LogP contribution in [0.25, 0.3) is 44.5 Å². The zero-order chi connectivity index (χ0) is 39.6. The van der Waals surface area contributed by atoms with E-state index in [0.717, 1.165) is 64.1 Å². The number of nitrogen functional groups attached to an aromatic ring is 1. The van der Waals surface area contributed by atoms with Gasteiger partial charge in [-0.3, -0.25) is 9.97 Å². The van der Waals surface area contributed by atoms with Gasteiger partial charge in [0.1, 0.15) is 17.3 Å². The minimum atomic E-state index is -0.506. The Kier molecular flexibility index (Phi) is 18.7. The number of hydrogen-bond donors (Lipinski definition) is 4. The number of hydrogen-bond acceptors (Lipinski definition) is 12. The van der Waals surface area contributed by atoms with Gasteiger partial charge < -0.3 is 33.2 Å². The Bertz CT molecular complexity index is 2660. The molecule has 5 heterocycles. The summed E-state index contributed by atoms with van der Waals surface area (Å²) in [6.45, 7) is 13.3. The van der Waals surface area contributed by atoms with Crippen molar-refractivity contribution in [3.05, 3.63) is 115 Å². The second-order valence-electron chi connectivity index (χ2n) is 11.9. The van der Waals surface area contributed by atoms with Crippen LogP contribution in [0.4, 0.5) is 5.69 Å². The molecule has 57 heavy (non-hydrogen) atoms. The van der Waals surface area contributed by atoms with Gasteiger partial charge in [-0.1, -0.05) is 62.2 Å². The van der Waals surface area contributed by atoms with Crippen LogP contribution >= 0.6 is 63.7 Å². The van der Waals surface area contributed by atoms with E-state index in [1.54, 1.807) is 18.2 Å². The summed E-state index contributed by atoms with van der Waals surface area (Å²) in [6, 6.07) is 10.8.